The Balaban J connectivity index is 2.02. The molecular formula is C33H40O8. The fourth-order valence-electron chi connectivity index (χ4n) is 8.45. The first kappa shape index (κ1) is 30.7. The summed E-state index contributed by atoms with van der Waals surface area (Å²) in [6, 6.07) is 3.42. The molecule has 0 radical (unpaired) electrons. The van der Waals surface area contributed by atoms with Crippen LogP contribution in [0.25, 0.3) is 0 Å². The van der Waals surface area contributed by atoms with Crippen LogP contribution in [-0.4, -0.2) is 55.9 Å². The molecule has 2 fully saturated rings. The molecule has 3 aliphatic rings. The average molecular weight is 565 g/mol. The van der Waals surface area contributed by atoms with E-state index >= 15 is 0 Å². The van der Waals surface area contributed by atoms with Crippen LogP contribution in [-0.2, 0) is 19.2 Å². The first-order chi connectivity index (χ1) is 19.0. The number of carbonyl (C=O) groups is 5. The van der Waals surface area contributed by atoms with E-state index in [9.17, 15) is 39.3 Å². The third-order valence-electron chi connectivity index (χ3n) is 10.6. The van der Waals surface area contributed by atoms with E-state index in [1.54, 1.807) is 52.0 Å². The van der Waals surface area contributed by atoms with E-state index in [0.29, 0.717) is 24.0 Å². The Morgan fingerprint density at radius 1 is 1.05 bits per heavy atom. The summed E-state index contributed by atoms with van der Waals surface area (Å²) in [5.74, 6) is -11.5. The first-order valence-electron chi connectivity index (χ1n) is 14.2. The van der Waals surface area contributed by atoms with Crippen LogP contribution < -0.4 is 0 Å². The molecule has 0 saturated heterocycles. The number of ketones is 5. The van der Waals surface area contributed by atoms with Crippen molar-refractivity contribution in [3.8, 4) is 5.75 Å². The van der Waals surface area contributed by atoms with Crippen LogP contribution >= 0.6 is 0 Å². The molecule has 0 bridgehead atoms. The summed E-state index contributed by atoms with van der Waals surface area (Å²) in [5, 5.41) is 35.8. The van der Waals surface area contributed by atoms with Gasteiger partial charge in [-0.2, -0.15) is 0 Å². The van der Waals surface area contributed by atoms with E-state index in [1.807, 2.05) is 0 Å². The Morgan fingerprint density at radius 2 is 1.61 bits per heavy atom. The summed E-state index contributed by atoms with van der Waals surface area (Å²) < 4.78 is 0. The first-order valence-corrected chi connectivity index (χ1v) is 14.2. The summed E-state index contributed by atoms with van der Waals surface area (Å²) in [6.45, 7) is 16.6. The molecule has 8 heteroatoms. The molecule has 1 aromatic rings. The Bertz CT molecular complexity index is 1380. The number of aliphatic hydroxyl groups excluding tert-OH is 1. The lowest BCUT2D eigenvalue weighted by Crippen LogP contribution is -2.81. The summed E-state index contributed by atoms with van der Waals surface area (Å²) in [4.78, 5) is 68.8. The van der Waals surface area contributed by atoms with Gasteiger partial charge in [0.2, 0.25) is 0 Å². The number of benzene rings is 1. The van der Waals surface area contributed by atoms with Gasteiger partial charge in [-0.1, -0.05) is 58.9 Å². The Hall–Kier alpha value is -3.23. The fraction of sp³-hybridized carbons (Fsp3) is 0.545. The van der Waals surface area contributed by atoms with Gasteiger partial charge in [0.1, 0.15) is 17.5 Å². The quantitative estimate of drug-likeness (QED) is 0.334. The van der Waals surface area contributed by atoms with Crippen LogP contribution in [0.3, 0.4) is 0 Å². The molecule has 0 heterocycles. The van der Waals surface area contributed by atoms with Gasteiger partial charge in [0, 0.05) is 16.7 Å². The molecule has 1 aromatic carbocycles. The van der Waals surface area contributed by atoms with Crippen LogP contribution in [0, 0.1) is 34.5 Å². The SMILES string of the molecule is C=CCC(CC=C)c1ccc2c(c1O)C(=O)C1C(=O)[C@@]3(O)C(=O)C(C(C)=O)C(=O)C(C(C)C)[C@@]3(C)[C@H](O)[C@@]1(C)[C@@H]2C. The van der Waals surface area contributed by atoms with E-state index in [1.165, 1.54) is 6.92 Å². The number of fused-ring (bicyclic) bond motifs is 3. The molecule has 0 amide bonds. The van der Waals surface area contributed by atoms with Crippen molar-refractivity contribution in [1.82, 2.24) is 0 Å². The van der Waals surface area contributed by atoms with Gasteiger partial charge in [-0.3, -0.25) is 24.0 Å². The van der Waals surface area contributed by atoms with Crippen LogP contribution in [0.2, 0.25) is 0 Å². The number of hydrogen-bond acceptors (Lipinski definition) is 8. The standard InChI is InChI=1S/C33H40O8/c1-9-11-18(12-10-2)20-14-13-19-16(5)31(7)24(27(37)22(19)25(20)35)29(39)33(41)28(38)21(17(6)34)26(36)23(15(3)4)32(33,8)30(31)40/h9-10,13-16,18,21,23-24,30,35,40-41H,1-2,11-12H2,3-8H3/t16-,21?,23?,24?,30-,31+,32+,33+/m1/s1. The predicted molar refractivity (Wildman–Crippen MR) is 151 cm³/mol. The zero-order valence-electron chi connectivity index (χ0n) is 24.6. The second-order valence-corrected chi connectivity index (χ2v) is 12.9. The zero-order valence-corrected chi connectivity index (χ0v) is 24.6. The molecule has 3 aliphatic carbocycles. The lowest BCUT2D eigenvalue weighted by Gasteiger charge is -2.65. The zero-order chi connectivity index (χ0) is 31.0. The van der Waals surface area contributed by atoms with Crippen molar-refractivity contribution < 1.29 is 39.3 Å². The molecule has 4 rings (SSSR count). The highest BCUT2D eigenvalue weighted by Gasteiger charge is 2.80. The van der Waals surface area contributed by atoms with Crippen LogP contribution in [0.15, 0.2) is 37.4 Å². The number of aromatic hydroxyl groups is 1. The lowest BCUT2D eigenvalue weighted by atomic mass is 9.37. The summed E-state index contributed by atoms with van der Waals surface area (Å²) in [5.41, 5.74) is -5.75. The van der Waals surface area contributed by atoms with Gasteiger partial charge >= 0.3 is 0 Å². The number of hydrogen-bond donors (Lipinski definition) is 3. The third kappa shape index (κ3) is 3.62. The summed E-state index contributed by atoms with van der Waals surface area (Å²) in [6.07, 6.45) is 2.69. The molecule has 8 atom stereocenters. The fourth-order valence-corrected chi connectivity index (χ4v) is 8.45. The molecule has 0 aliphatic heterocycles. The highest BCUT2D eigenvalue weighted by Crippen LogP contribution is 2.66. The van der Waals surface area contributed by atoms with Crippen molar-refractivity contribution in [2.24, 2.45) is 34.5 Å². The van der Waals surface area contributed by atoms with Gasteiger partial charge in [0.25, 0.3) is 0 Å². The minimum absolute atomic E-state index is 0.0915. The highest BCUT2D eigenvalue weighted by atomic mass is 16.3. The maximum Gasteiger partial charge on any atom is 0.191 e. The van der Waals surface area contributed by atoms with Crippen LogP contribution in [0.5, 0.6) is 5.75 Å². The predicted octanol–water partition coefficient (Wildman–Crippen LogP) is 3.86. The summed E-state index contributed by atoms with van der Waals surface area (Å²) >= 11 is 0. The average Bonchev–Trinajstić information content (AvgIpc) is 2.88. The molecule has 0 aromatic heterocycles. The number of phenolic OH excluding ortho intramolecular Hbond substituents is 1. The van der Waals surface area contributed by atoms with E-state index < -0.39 is 81.0 Å². The van der Waals surface area contributed by atoms with Gasteiger partial charge in [0.05, 0.1) is 17.6 Å². The number of rotatable bonds is 7. The minimum atomic E-state index is -2.98. The maximum absolute atomic E-state index is 14.5. The highest BCUT2D eigenvalue weighted by molar-refractivity contribution is 6.33. The number of allylic oxidation sites excluding steroid dienone is 2. The second kappa shape index (κ2) is 9.95. The van der Waals surface area contributed by atoms with E-state index in [-0.39, 0.29) is 17.2 Å². The molecule has 3 N–H and O–H groups in total. The van der Waals surface area contributed by atoms with Crippen molar-refractivity contribution in [3.63, 3.8) is 0 Å². The molecular weight excluding hydrogens is 524 g/mol. The Kier molecular flexibility index (Phi) is 7.45. The van der Waals surface area contributed by atoms with E-state index in [2.05, 4.69) is 13.2 Å². The molecule has 3 unspecified atom stereocenters. The monoisotopic (exact) mass is 564 g/mol. The largest absolute Gasteiger partial charge is 0.507 e. The second-order valence-electron chi connectivity index (χ2n) is 12.9. The van der Waals surface area contributed by atoms with Gasteiger partial charge < -0.3 is 15.3 Å². The van der Waals surface area contributed by atoms with E-state index in [0.717, 1.165) is 6.92 Å². The van der Waals surface area contributed by atoms with Crippen LogP contribution in [0.1, 0.15) is 87.7 Å². The lowest BCUT2D eigenvalue weighted by molar-refractivity contribution is -0.240. The van der Waals surface area contributed by atoms with Gasteiger partial charge in [-0.25, -0.2) is 0 Å². The third-order valence-corrected chi connectivity index (χ3v) is 10.6. The molecule has 8 nitrogen and oxygen atoms in total. The Morgan fingerprint density at radius 3 is 2.10 bits per heavy atom. The van der Waals surface area contributed by atoms with Crippen LogP contribution in [0.4, 0.5) is 0 Å². The molecule has 2 saturated carbocycles. The summed E-state index contributed by atoms with van der Waals surface area (Å²) in [7, 11) is 0. The van der Waals surface area contributed by atoms with Crippen molar-refractivity contribution >= 4 is 28.9 Å². The van der Waals surface area contributed by atoms with Crippen molar-refractivity contribution in [3.05, 3.63) is 54.1 Å². The van der Waals surface area contributed by atoms with E-state index in [4.69, 9.17) is 0 Å². The van der Waals surface area contributed by atoms with Crippen molar-refractivity contribution in [2.75, 3.05) is 0 Å². The number of carbonyl (C=O) groups excluding carboxylic acids is 5. The maximum atomic E-state index is 14.5. The Labute approximate surface area is 240 Å². The minimum Gasteiger partial charge on any atom is -0.507 e. The van der Waals surface area contributed by atoms with Gasteiger partial charge in [0.15, 0.2) is 28.7 Å². The molecule has 41 heavy (non-hydrogen) atoms. The van der Waals surface area contributed by atoms with Gasteiger partial charge in [-0.05, 0) is 48.6 Å². The molecule has 0 spiro atoms. The number of Topliss-reactive ketones (excluding diaryl/α,β-unsaturated/α-hetero) is 5. The topological polar surface area (TPSA) is 146 Å². The normalized spacial score (nSPS) is 36.6. The molecule has 220 valence electrons. The van der Waals surface area contributed by atoms with Gasteiger partial charge in [-0.15, -0.1) is 13.2 Å². The smallest absolute Gasteiger partial charge is 0.191 e. The number of phenols is 1. The van der Waals surface area contributed by atoms with Crippen molar-refractivity contribution in [1.29, 1.82) is 0 Å². The number of aliphatic hydroxyl groups is 2. The van der Waals surface area contributed by atoms with Crippen molar-refractivity contribution in [2.45, 2.75) is 77.9 Å².